The maximum Gasteiger partial charge on any atom is 0.339 e. The van der Waals surface area contributed by atoms with Crippen LogP contribution in [-0.2, 0) is 9.47 Å². The van der Waals surface area contributed by atoms with Crippen molar-refractivity contribution in [1.29, 1.82) is 0 Å². The summed E-state index contributed by atoms with van der Waals surface area (Å²) in [6, 6.07) is 6.73. The van der Waals surface area contributed by atoms with Crippen LogP contribution in [0.5, 0.6) is 0 Å². The average Bonchev–Trinajstić information content (AvgIpc) is 2.67. The van der Waals surface area contributed by atoms with E-state index < -0.39 is 11.9 Å². The Morgan fingerprint density at radius 2 is 1.43 bits per heavy atom. The molecule has 0 spiro atoms. The number of rotatable bonds is 14. The molecule has 4 heteroatoms. The molecule has 0 aliphatic rings. The van der Waals surface area contributed by atoms with Crippen LogP contribution in [0.25, 0.3) is 0 Å². The molecule has 1 atom stereocenters. The zero-order valence-corrected chi connectivity index (χ0v) is 18.2. The Balaban J connectivity index is 2.48. The van der Waals surface area contributed by atoms with Gasteiger partial charge in [0.2, 0.25) is 0 Å². The van der Waals surface area contributed by atoms with Gasteiger partial charge in [-0.25, -0.2) is 9.59 Å². The SMILES string of the molecule is CCCCCCCCC(C)OC(=O)c1ccccc1C(=O)OCCCC(C)C. The van der Waals surface area contributed by atoms with E-state index in [1.165, 1.54) is 32.1 Å². The monoisotopic (exact) mass is 390 g/mol. The van der Waals surface area contributed by atoms with E-state index in [1.54, 1.807) is 24.3 Å². The zero-order chi connectivity index (χ0) is 20.8. The molecule has 28 heavy (non-hydrogen) atoms. The molecule has 0 N–H and O–H groups in total. The van der Waals surface area contributed by atoms with Crippen molar-refractivity contribution in [2.45, 2.75) is 91.6 Å². The molecule has 0 aliphatic carbocycles. The van der Waals surface area contributed by atoms with E-state index in [9.17, 15) is 9.59 Å². The van der Waals surface area contributed by atoms with Crippen LogP contribution in [0.15, 0.2) is 24.3 Å². The lowest BCUT2D eigenvalue weighted by Crippen LogP contribution is -2.19. The molecule has 1 aromatic rings. The predicted octanol–water partition coefficient (Wildman–Crippen LogP) is 6.58. The van der Waals surface area contributed by atoms with E-state index in [-0.39, 0.29) is 17.2 Å². The topological polar surface area (TPSA) is 52.6 Å². The van der Waals surface area contributed by atoms with Gasteiger partial charge in [0.25, 0.3) is 0 Å². The summed E-state index contributed by atoms with van der Waals surface area (Å²) in [5, 5.41) is 0. The first-order chi connectivity index (χ1) is 13.5. The van der Waals surface area contributed by atoms with E-state index in [0.717, 1.165) is 25.7 Å². The van der Waals surface area contributed by atoms with Crippen molar-refractivity contribution in [1.82, 2.24) is 0 Å². The van der Waals surface area contributed by atoms with E-state index in [0.29, 0.717) is 12.5 Å². The second-order valence-corrected chi connectivity index (χ2v) is 7.99. The van der Waals surface area contributed by atoms with E-state index in [2.05, 4.69) is 20.8 Å². The standard InChI is InChI=1S/C24H38O4/c1-5-6-7-8-9-10-15-20(4)28-24(26)22-17-12-11-16-21(22)23(25)27-18-13-14-19(2)3/h11-12,16-17,19-20H,5-10,13-15,18H2,1-4H3. The Kier molecular flexibility index (Phi) is 12.3. The Hall–Kier alpha value is -1.84. The van der Waals surface area contributed by atoms with Crippen molar-refractivity contribution in [3.8, 4) is 0 Å². The van der Waals surface area contributed by atoms with Gasteiger partial charge in [0, 0.05) is 0 Å². The maximum atomic E-state index is 12.5. The lowest BCUT2D eigenvalue weighted by molar-refractivity contribution is 0.0307. The molecule has 4 nitrogen and oxygen atoms in total. The van der Waals surface area contributed by atoms with Gasteiger partial charge in [-0.1, -0.05) is 65.0 Å². The molecule has 1 rings (SSSR count). The van der Waals surface area contributed by atoms with Crippen molar-refractivity contribution in [3.05, 3.63) is 35.4 Å². The van der Waals surface area contributed by atoms with Crippen LogP contribution in [-0.4, -0.2) is 24.6 Å². The average molecular weight is 391 g/mol. The number of carbonyl (C=O) groups is 2. The van der Waals surface area contributed by atoms with Crippen LogP contribution in [0, 0.1) is 5.92 Å². The van der Waals surface area contributed by atoms with Gasteiger partial charge in [0.15, 0.2) is 0 Å². The summed E-state index contributed by atoms with van der Waals surface area (Å²) in [7, 11) is 0. The normalized spacial score (nSPS) is 12.0. The molecule has 0 fully saturated rings. The summed E-state index contributed by atoms with van der Waals surface area (Å²) in [5.74, 6) is -0.331. The first kappa shape index (κ1) is 24.2. The highest BCUT2D eigenvalue weighted by Gasteiger charge is 2.20. The molecule has 0 aromatic heterocycles. The largest absolute Gasteiger partial charge is 0.462 e. The molecule has 158 valence electrons. The van der Waals surface area contributed by atoms with Crippen molar-refractivity contribution in [2.24, 2.45) is 5.92 Å². The van der Waals surface area contributed by atoms with Gasteiger partial charge in [0.05, 0.1) is 23.8 Å². The number of hydrogen-bond acceptors (Lipinski definition) is 4. The molecule has 0 amide bonds. The van der Waals surface area contributed by atoms with Gasteiger partial charge in [-0.15, -0.1) is 0 Å². The molecule has 0 saturated heterocycles. The predicted molar refractivity (Wildman–Crippen MR) is 114 cm³/mol. The van der Waals surface area contributed by atoms with Crippen LogP contribution in [0.1, 0.15) is 106 Å². The van der Waals surface area contributed by atoms with Crippen molar-refractivity contribution in [3.63, 3.8) is 0 Å². The van der Waals surface area contributed by atoms with Gasteiger partial charge < -0.3 is 9.47 Å². The number of benzene rings is 1. The van der Waals surface area contributed by atoms with Gasteiger partial charge in [-0.2, -0.15) is 0 Å². The first-order valence-electron chi connectivity index (χ1n) is 10.9. The minimum Gasteiger partial charge on any atom is -0.462 e. The molecule has 0 saturated carbocycles. The highest BCUT2D eigenvalue weighted by molar-refractivity contribution is 6.03. The number of ether oxygens (including phenoxy) is 2. The van der Waals surface area contributed by atoms with Crippen LogP contribution < -0.4 is 0 Å². The Morgan fingerprint density at radius 1 is 0.821 bits per heavy atom. The summed E-state index contributed by atoms with van der Waals surface area (Å²) in [5.41, 5.74) is 0.565. The van der Waals surface area contributed by atoms with Crippen molar-refractivity contribution >= 4 is 11.9 Å². The van der Waals surface area contributed by atoms with Gasteiger partial charge >= 0.3 is 11.9 Å². The summed E-state index contributed by atoms with van der Waals surface area (Å²) in [6.45, 7) is 8.77. The highest BCUT2D eigenvalue weighted by atomic mass is 16.5. The third-order valence-corrected chi connectivity index (χ3v) is 4.80. The summed E-state index contributed by atoms with van der Waals surface area (Å²) >= 11 is 0. The summed E-state index contributed by atoms with van der Waals surface area (Å²) in [6.07, 6.45) is 9.78. The number of hydrogen-bond donors (Lipinski definition) is 0. The third-order valence-electron chi connectivity index (χ3n) is 4.80. The lowest BCUT2D eigenvalue weighted by atomic mass is 10.1. The van der Waals surface area contributed by atoms with Gasteiger partial charge in [-0.3, -0.25) is 0 Å². The van der Waals surface area contributed by atoms with Gasteiger partial charge in [0.1, 0.15) is 0 Å². The highest BCUT2D eigenvalue weighted by Crippen LogP contribution is 2.16. The quantitative estimate of drug-likeness (QED) is 0.266. The Morgan fingerprint density at radius 3 is 2.07 bits per heavy atom. The van der Waals surface area contributed by atoms with E-state index >= 15 is 0 Å². The van der Waals surface area contributed by atoms with Crippen molar-refractivity contribution in [2.75, 3.05) is 6.61 Å². The van der Waals surface area contributed by atoms with Crippen LogP contribution >= 0.6 is 0 Å². The van der Waals surface area contributed by atoms with E-state index in [1.807, 2.05) is 6.92 Å². The molecular formula is C24H38O4. The number of carbonyl (C=O) groups excluding carboxylic acids is 2. The van der Waals surface area contributed by atoms with Crippen molar-refractivity contribution < 1.29 is 19.1 Å². The van der Waals surface area contributed by atoms with Crippen LogP contribution in [0.3, 0.4) is 0 Å². The van der Waals surface area contributed by atoms with Crippen LogP contribution in [0.4, 0.5) is 0 Å². The maximum absolute atomic E-state index is 12.5. The lowest BCUT2D eigenvalue weighted by Gasteiger charge is -2.15. The summed E-state index contributed by atoms with van der Waals surface area (Å²) < 4.78 is 10.9. The van der Waals surface area contributed by atoms with E-state index in [4.69, 9.17) is 9.47 Å². The second-order valence-electron chi connectivity index (χ2n) is 7.99. The molecule has 0 bridgehead atoms. The Bertz CT molecular complexity index is 580. The number of unbranched alkanes of at least 4 members (excludes halogenated alkanes) is 5. The second kappa shape index (κ2) is 14.2. The smallest absolute Gasteiger partial charge is 0.339 e. The minimum absolute atomic E-state index is 0.159. The Labute approximate surface area is 171 Å². The fraction of sp³-hybridized carbons (Fsp3) is 0.667. The summed E-state index contributed by atoms with van der Waals surface area (Å²) in [4.78, 5) is 24.9. The fourth-order valence-corrected chi connectivity index (χ4v) is 3.09. The molecule has 0 heterocycles. The minimum atomic E-state index is -0.458. The molecular weight excluding hydrogens is 352 g/mol. The molecule has 0 radical (unpaired) electrons. The zero-order valence-electron chi connectivity index (χ0n) is 18.2. The number of esters is 2. The molecule has 0 aliphatic heterocycles. The van der Waals surface area contributed by atoms with Crippen LogP contribution in [0.2, 0.25) is 0 Å². The fourth-order valence-electron chi connectivity index (χ4n) is 3.09. The first-order valence-corrected chi connectivity index (χ1v) is 10.9. The third kappa shape index (κ3) is 9.91. The molecule has 1 aromatic carbocycles. The molecule has 1 unspecified atom stereocenters. The van der Waals surface area contributed by atoms with Gasteiger partial charge in [-0.05, 0) is 50.7 Å².